The Hall–Kier alpha value is -1.07. The summed E-state index contributed by atoms with van der Waals surface area (Å²) in [6.45, 7) is 2.42. The molecule has 0 heterocycles. The quantitative estimate of drug-likeness (QED) is 0.433. The summed E-state index contributed by atoms with van der Waals surface area (Å²) in [7, 11) is -3.94. The van der Waals surface area contributed by atoms with Gasteiger partial charge in [-0.15, -0.1) is 0 Å². The molecule has 0 N–H and O–H groups in total. The van der Waals surface area contributed by atoms with Crippen molar-refractivity contribution in [2.24, 2.45) is 0 Å². The molecule has 0 saturated carbocycles. The normalized spacial score (nSPS) is 11.5. The second-order valence-electron chi connectivity index (χ2n) is 5.81. The van der Waals surface area contributed by atoms with Gasteiger partial charge in [-0.05, 0) is 18.6 Å². The Bertz CT molecular complexity index is 485. The molecule has 0 radical (unpaired) electrons. The van der Waals surface area contributed by atoms with Gasteiger partial charge in [-0.25, -0.2) is 4.18 Å². The zero-order chi connectivity index (χ0) is 16.8. The first-order valence-corrected chi connectivity index (χ1v) is 10.1. The largest absolute Gasteiger partial charge is 0.449 e. The van der Waals surface area contributed by atoms with Crippen LogP contribution >= 0.6 is 0 Å². The summed E-state index contributed by atoms with van der Waals surface area (Å²) in [6.07, 6.45) is 12.0. The molecule has 23 heavy (non-hydrogen) atoms. The molecule has 0 spiro atoms. The molecule has 0 amide bonds. The SMILES string of the molecule is CCCCCCCCCCCCOS(=O)(=O)Oc1ccccc1. The number of unbranched alkanes of at least 4 members (excludes halogenated alkanes) is 9. The summed E-state index contributed by atoms with van der Waals surface area (Å²) in [5.74, 6) is 0.274. The Labute approximate surface area is 141 Å². The van der Waals surface area contributed by atoms with Gasteiger partial charge in [-0.2, -0.15) is 8.42 Å². The molecule has 4 nitrogen and oxygen atoms in total. The Morgan fingerprint density at radius 1 is 0.783 bits per heavy atom. The fraction of sp³-hybridized carbons (Fsp3) is 0.667. The van der Waals surface area contributed by atoms with Crippen LogP contribution in [-0.4, -0.2) is 15.0 Å². The number of hydrogen-bond acceptors (Lipinski definition) is 4. The molecule has 0 aliphatic carbocycles. The maximum Gasteiger partial charge on any atom is 0.449 e. The first-order valence-electron chi connectivity index (χ1n) is 8.78. The molecule has 0 fully saturated rings. The number of hydrogen-bond donors (Lipinski definition) is 0. The Balaban J connectivity index is 1.98. The van der Waals surface area contributed by atoms with Gasteiger partial charge < -0.3 is 4.18 Å². The minimum atomic E-state index is -3.94. The molecule has 0 aliphatic rings. The van der Waals surface area contributed by atoms with Crippen LogP contribution in [0.15, 0.2) is 30.3 Å². The predicted molar refractivity (Wildman–Crippen MR) is 93.8 cm³/mol. The third-order valence-electron chi connectivity index (χ3n) is 3.67. The van der Waals surface area contributed by atoms with Crippen molar-refractivity contribution in [3.63, 3.8) is 0 Å². The molecule has 1 aromatic carbocycles. The van der Waals surface area contributed by atoms with Crippen LogP contribution < -0.4 is 4.18 Å². The zero-order valence-corrected chi connectivity index (χ0v) is 15.0. The second-order valence-corrected chi connectivity index (χ2v) is 7.03. The van der Waals surface area contributed by atoms with Crippen LogP contribution in [0.1, 0.15) is 71.1 Å². The third kappa shape index (κ3) is 11.2. The monoisotopic (exact) mass is 342 g/mol. The van der Waals surface area contributed by atoms with E-state index in [1.165, 1.54) is 44.9 Å². The molecule has 5 heteroatoms. The van der Waals surface area contributed by atoms with Crippen molar-refractivity contribution in [2.45, 2.75) is 71.1 Å². The molecule has 0 bridgehead atoms. The van der Waals surface area contributed by atoms with Crippen molar-refractivity contribution < 1.29 is 16.8 Å². The molecule has 1 aromatic rings. The lowest BCUT2D eigenvalue weighted by Gasteiger charge is -2.07. The van der Waals surface area contributed by atoms with Crippen molar-refractivity contribution in [1.29, 1.82) is 0 Å². The van der Waals surface area contributed by atoms with Crippen LogP contribution in [0.3, 0.4) is 0 Å². The van der Waals surface area contributed by atoms with Gasteiger partial charge in [0.05, 0.1) is 6.61 Å². The van der Waals surface area contributed by atoms with Crippen LogP contribution in [0.25, 0.3) is 0 Å². The lowest BCUT2D eigenvalue weighted by Crippen LogP contribution is -2.14. The molecule has 0 unspecified atom stereocenters. The first kappa shape index (κ1) is 20.0. The molecule has 132 valence electrons. The van der Waals surface area contributed by atoms with Gasteiger partial charge in [0.15, 0.2) is 0 Å². The number of para-hydroxylation sites is 1. The smallest absolute Gasteiger partial charge is 0.362 e. The van der Waals surface area contributed by atoms with Gasteiger partial charge in [-0.1, -0.05) is 82.9 Å². The van der Waals surface area contributed by atoms with Crippen LogP contribution in [0.2, 0.25) is 0 Å². The summed E-state index contributed by atoms with van der Waals surface area (Å²) in [5.41, 5.74) is 0. The summed E-state index contributed by atoms with van der Waals surface area (Å²) >= 11 is 0. The summed E-state index contributed by atoms with van der Waals surface area (Å²) in [5, 5.41) is 0. The van der Waals surface area contributed by atoms with E-state index < -0.39 is 10.4 Å². The molecular weight excluding hydrogens is 312 g/mol. The highest BCUT2D eigenvalue weighted by atomic mass is 32.3. The fourth-order valence-electron chi connectivity index (χ4n) is 2.37. The summed E-state index contributed by atoms with van der Waals surface area (Å²) < 4.78 is 32.9. The third-order valence-corrected chi connectivity index (χ3v) is 4.52. The van der Waals surface area contributed by atoms with E-state index in [1.807, 2.05) is 0 Å². The average molecular weight is 343 g/mol. The zero-order valence-electron chi connectivity index (χ0n) is 14.2. The molecule has 0 saturated heterocycles. The van der Waals surface area contributed by atoms with Crippen LogP contribution in [0.4, 0.5) is 0 Å². The second kappa shape index (κ2) is 12.4. The first-order chi connectivity index (χ1) is 11.1. The number of benzene rings is 1. The summed E-state index contributed by atoms with van der Waals surface area (Å²) in [4.78, 5) is 0. The molecule has 0 aromatic heterocycles. The molecular formula is C18H30O4S. The molecule has 0 atom stereocenters. The lowest BCUT2D eigenvalue weighted by atomic mass is 10.1. The van der Waals surface area contributed by atoms with Gasteiger partial charge in [0.25, 0.3) is 0 Å². The van der Waals surface area contributed by atoms with Gasteiger partial charge >= 0.3 is 10.4 Å². The van der Waals surface area contributed by atoms with Gasteiger partial charge in [-0.3, -0.25) is 0 Å². The summed E-state index contributed by atoms with van der Waals surface area (Å²) in [6, 6.07) is 8.40. The van der Waals surface area contributed by atoms with Crippen LogP contribution in [0, 0.1) is 0 Å². The van der Waals surface area contributed by atoms with Gasteiger partial charge in [0.2, 0.25) is 0 Å². The lowest BCUT2D eigenvalue weighted by molar-refractivity contribution is 0.265. The maximum atomic E-state index is 11.6. The van der Waals surface area contributed by atoms with Crippen molar-refractivity contribution >= 4 is 10.4 Å². The van der Waals surface area contributed by atoms with Crippen molar-refractivity contribution in [3.05, 3.63) is 30.3 Å². The van der Waals surface area contributed by atoms with E-state index >= 15 is 0 Å². The van der Waals surface area contributed by atoms with Crippen LogP contribution in [0.5, 0.6) is 5.75 Å². The fourth-order valence-corrected chi connectivity index (χ4v) is 3.09. The average Bonchev–Trinajstić information content (AvgIpc) is 2.53. The van der Waals surface area contributed by atoms with E-state index in [2.05, 4.69) is 6.92 Å². The van der Waals surface area contributed by atoms with Gasteiger partial charge in [0.1, 0.15) is 5.75 Å². The predicted octanol–water partition coefficient (Wildman–Crippen LogP) is 5.25. The minimum Gasteiger partial charge on any atom is -0.362 e. The molecule has 0 aliphatic heterocycles. The Morgan fingerprint density at radius 2 is 1.30 bits per heavy atom. The van der Waals surface area contributed by atoms with E-state index in [-0.39, 0.29) is 12.4 Å². The van der Waals surface area contributed by atoms with E-state index in [0.717, 1.165) is 19.3 Å². The standard InChI is InChI=1S/C18H30O4S/c1-2-3-4-5-6-7-8-9-10-14-17-21-23(19,20)22-18-15-12-11-13-16-18/h11-13,15-16H,2-10,14,17H2,1H3. The minimum absolute atomic E-state index is 0.186. The highest BCUT2D eigenvalue weighted by Crippen LogP contribution is 2.13. The van der Waals surface area contributed by atoms with Crippen molar-refractivity contribution in [1.82, 2.24) is 0 Å². The highest BCUT2D eigenvalue weighted by molar-refractivity contribution is 7.82. The van der Waals surface area contributed by atoms with Crippen LogP contribution in [-0.2, 0) is 14.6 Å². The van der Waals surface area contributed by atoms with Crippen molar-refractivity contribution in [2.75, 3.05) is 6.61 Å². The van der Waals surface area contributed by atoms with E-state index in [0.29, 0.717) is 0 Å². The van der Waals surface area contributed by atoms with Gasteiger partial charge in [0, 0.05) is 0 Å². The number of rotatable bonds is 14. The topological polar surface area (TPSA) is 52.6 Å². The highest BCUT2D eigenvalue weighted by Gasteiger charge is 2.12. The van der Waals surface area contributed by atoms with E-state index in [1.54, 1.807) is 30.3 Å². The Morgan fingerprint density at radius 3 is 1.87 bits per heavy atom. The molecule has 1 rings (SSSR count). The van der Waals surface area contributed by atoms with E-state index in [9.17, 15) is 8.42 Å². The van der Waals surface area contributed by atoms with E-state index in [4.69, 9.17) is 8.37 Å². The Kier molecular flexibility index (Phi) is 10.7. The maximum absolute atomic E-state index is 11.6. The van der Waals surface area contributed by atoms with Crippen molar-refractivity contribution in [3.8, 4) is 5.75 Å².